The van der Waals surface area contributed by atoms with Gasteiger partial charge in [-0.2, -0.15) is 4.39 Å². The van der Waals surface area contributed by atoms with Crippen LogP contribution in [0.15, 0.2) is 53.7 Å². The highest BCUT2D eigenvalue weighted by molar-refractivity contribution is 6.31. The van der Waals surface area contributed by atoms with Crippen molar-refractivity contribution in [1.82, 2.24) is 0 Å². The number of nitrogens with zero attached hydrogens (tertiary/aromatic N) is 2. The lowest BCUT2D eigenvalue weighted by atomic mass is 10.00. The van der Waals surface area contributed by atoms with Gasteiger partial charge in [-0.15, -0.1) is 0 Å². The van der Waals surface area contributed by atoms with E-state index in [-0.39, 0.29) is 0 Å². The Hall–Kier alpha value is -2.40. The van der Waals surface area contributed by atoms with Crippen LogP contribution in [0, 0.1) is 0 Å². The number of carbonyl (C=O) groups is 1. The van der Waals surface area contributed by atoms with Crippen LogP contribution in [0.3, 0.4) is 0 Å². The lowest BCUT2D eigenvalue weighted by Crippen LogP contribution is -2.37. The molecule has 0 fully saturated rings. The van der Waals surface area contributed by atoms with Gasteiger partial charge in [0, 0.05) is 23.2 Å². The lowest BCUT2D eigenvalue weighted by Gasteiger charge is -2.25. The average molecular weight is 319 g/mol. The van der Waals surface area contributed by atoms with Gasteiger partial charge < -0.3 is 9.74 Å². The second-order valence-corrected chi connectivity index (χ2v) is 5.22. The van der Waals surface area contributed by atoms with E-state index in [1.165, 1.54) is 11.9 Å². The number of rotatable bonds is 1. The van der Waals surface area contributed by atoms with Crippen molar-refractivity contribution in [2.45, 2.75) is 6.36 Å². The zero-order valence-electron chi connectivity index (χ0n) is 11.7. The molecule has 1 atom stereocenters. The summed E-state index contributed by atoms with van der Waals surface area (Å²) in [6.45, 7) is 0. The van der Waals surface area contributed by atoms with Gasteiger partial charge in [0.25, 0.3) is 0 Å². The molecule has 4 nitrogen and oxygen atoms in total. The van der Waals surface area contributed by atoms with Crippen molar-refractivity contribution >= 4 is 28.9 Å². The van der Waals surface area contributed by atoms with Gasteiger partial charge in [0.05, 0.1) is 5.69 Å². The highest BCUT2D eigenvalue weighted by atomic mass is 35.5. The Morgan fingerprint density at radius 3 is 2.68 bits per heavy atom. The molecule has 3 rings (SSSR count). The first-order chi connectivity index (χ1) is 10.6. The molecular weight excluding hydrogens is 307 g/mol. The highest BCUT2D eigenvalue weighted by Gasteiger charge is 2.29. The molecule has 0 aromatic heterocycles. The molecule has 2 aromatic rings. The van der Waals surface area contributed by atoms with Crippen molar-refractivity contribution in [1.29, 1.82) is 0 Å². The summed E-state index contributed by atoms with van der Waals surface area (Å²) in [4.78, 5) is 17.8. The summed E-state index contributed by atoms with van der Waals surface area (Å²) in [5.74, 6) is -0.820. The molecule has 1 amide bonds. The van der Waals surface area contributed by atoms with Crippen LogP contribution < -0.4 is 4.90 Å². The quantitative estimate of drug-likeness (QED) is 0.809. The predicted molar refractivity (Wildman–Crippen MR) is 82.9 cm³/mol. The van der Waals surface area contributed by atoms with Gasteiger partial charge in [-0.25, -0.2) is 0 Å². The molecule has 0 bridgehead atoms. The number of fused-ring (bicyclic) bond motifs is 1. The maximum absolute atomic E-state index is 13.8. The minimum atomic E-state index is -2.15. The number of halogens is 2. The van der Waals surface area contributed by atoms with Crippen molar-refractivity contribution in [2.75, 3.05) is 11.9 Å². The van der Waals surface area contributed by atoms with E-state index >= 15 is 0 Å². The summed E-state index contributed by atoms with van der Waals surface area (Å²) in [5.41, 5.74) is 2.27. The summed E-state index contributed by atoms with van der Waals surface area (Å²) < 4.78 is 13.8. The molecule has 1 heterocycles. The van der Waals surface area contributed by atoms with E-state index in [9.17, 15) is 9.18 Å². The molecule has 2 aromatic carbocycles. The molecular formula is C16H12ClFN2O2. The van der Waals surface area contributed by atoms with Gasteiger partial charge in [-0.3, -0.25) is 4.79 Å². The van der Waals surface area contributed by atoms with E-state index in [0.29, 0.717) is 22.0 Å². The third kappa shape index (κ3) is 2.55. The topological polar surface area (TPSA) is 41.9 Å². The number of hydrogen-bond donors (Lipinski definition) is 0. The first kappa shape index (κ1) is 14.5. The molecule has 0 saturated heterocycles. The Balaban J connectivity index is 2.23. The van der Waals surface area contributed by atoms with Crippen molar-refractivity contribution < 1.29 is 14.0 Å². The van der Waals surface area contributed by atoms with Crippen LogP contribution in [-0.2, 0) is 9.63 Å². The zero-order chi connectivity index (χ0) is 15.7. The summed E-state index contributed by atoms with van der Waals surface area (Å²) in [6, 6.07) is 14.2. The molecule has 6 heteroatoms. The van der Waals surface area contributed by atoms with Gasteiger partial charge in [0.15, 0.2) is 0 Å². The van der Waals surface area contributed by atoms with E-state index in [0.717, 1.165) is 5.56 Å². The first-order valence-corrected chi connectivity index (χ1v) is 6.96. The standard InChI is InChI=1S/C16H12ClFN2O2/c1-20-13-8-7-11(17)9-12(13)14(10-5-3-2-4-6-10)19-22-15(18)16(20)21/h2-9,15H,1H3. The largest absolute Gasteiger partial charge is 0.347 e. The Morgan fingerprint density at radius 1 is 1.23 bits per heavy atom. The van der Waals surface area contributed by atoms with E-state index in [1.54, 1.807) is 18.2 Å². The predicted octanol–water partition coefficient (Wildman–Crippen LogP) is 3.38. The SMILES string of the molecule is CN1C(=O)C(F)ON=C(c2ccccc2)c2cc(Cl)ccc21. The van der Waals surface area contributed by atoms with Gasteiger partial charge in [-0.1, -0.05) is 47.1 Å². The third-order valence-electron chi connectivity index (χ3n) is 3.38. The van der Waals surface area contributed by atoms with Crippen LogP contribution in [0.25, 0.3) is 0 Å². The maximum Gasteiger partial charge on any atom is 0.341 e. The lowest BCUT2D eigenvalue weighted by molar-refractivity contribution is -0.141. The maximum atomic E-state index is 13.8. The minimum Gasteiger partial charge on any atom is -0.347 e. The van der Waals surface area contributed by atoms with Crippen molar-refractivity contribution in [3.63, 3.8) is 0 Å². The monoisotopic (exact) mass is 318 g/mol. The van der Waals surface area contributed by atoms with E-state index in [2.05, 4.69) is 5.16 Å². The third-order valence-corrected chi connectivity index (χ3v) is 3.62. The average Bonchev–Trinajstić information content (AvgIpc) is 2.54. The second-order valence-electron chi connectivity index (χ2n) is 4.79. The van der Waals surface area contributed by atoms with Crippen LogP contribution in [-0.4, -0.2) is 25.0 Å². The molecule has 0 N–H and O–H groups in total. The fourth-order valence-corrected chi connectivity index (χ4v) is 2.43. The van der Waals surface area contributed by atoms with E-state index in [1.807, 2.05) is 30.3 Å². The fourth-order valence-electron chi connectivity index (χ4n) is 2.26. The van der Waals surface area contributed by atoms with Crippen LogP contribution in [0.1, 0.15) is 11.1 Å². The number of oxime groups is 1. The number of amides is 1. The van der Waals surface area contributed by atoms with Gasteiger partial charge >= 0.3 is 12.3 Å². The number of hydrogen-bond acceptors (Lipinski definition) is 3. The van der Waals surface area contributed by atoms with Crippen molar-refractivity contribution in [3.8, 4) is 0 Å². The summed E-state index contributed by atoms with van der Waals surface area (Å²) in [7, 11) is 1.49. The first-order valence-electron chi connectivity index (χ1n) is 6.59. The summed E-state index contributed by atoms with van der Waals surface area (Å²) >= 11 is 6.06. The number of benzene rings is 2. The molecule has 0 saturated carbocycles. The Labute approximate surface area is 131 Å². The molecule has 1 unspecified atom stereocenters. The molecule has 1 aliphatic heterocycles. The smallest absolute Gasteiger partial charge is 0.341 e. The van der Waals surface area contributed by atoms with Crippen molar-refractivity contribution in [2.24, 2.45) is 5.16 Å². The van der Waals surface area contributed by atoms with E-state index < -0.39 is 12.3 Å². The Morgan fingerprint density at radius 2 is 1.95 bits per heavy atom. The second kappa shape index (κ2) is 5.77. The number of likely N-dealkylation sites (N-methyl/N-ethyl adjacent to an activating group) is 1. The number of alkyl halides is 1. The van der Waals surface area contributed by atoms with Crippen molar-refractivity contribution in [3.05, 3.63) is 64.7 Å². The highest BCUT2D eigenvalue weighted by Crippen LogP contribution is 2.29. The Bertz CT molecular complexity index is 749. The van der Waals surface area contributed by atoms with Crippen LogP contribution in [0.5, 0.6) is 0 Å². The molecule has 0 spiro atoms. The zero-order valence-corrected chi connectivity index (χ0v) is 12.4. The minimum absolute atomic E-state index is 0.417. The van der Waals surface area contributed by atoms with Gasteiger partial charge in [0.1, 0.15) is 5.71 Å². The normalized spacial score (nSPS) is 18.0. The molecule has 0 radical (unpaired) electrons. The van der Waals surface area contributed by atoms with Gasteiger partial charge in [-0.05, 0) is 18.2 Å². The molecule has 0 aliphatic carbocycles. The van der Waals surface area contributed by atoms with Crippen LogP contribution in [0.2, 0.25) is 5.02 Å². The Kier molecular flexibility index (Phi) is 3.81. The van der Waals surface area contributed by atoms with Crippen LogP contribution >= 0.6 is 11.6 Å². The molecule has 22 heavy (non-hydrogen) atoms. The summed E-state index contributed by atoms with van der Waals surface area (Å²) in [6.07, 6.45) is -2.15. The van der Waals surface area contributed by atoms with Gasteiger partial charge in [0.2, 0.25) is 0 Å². The van der Waals surface area contributed by atoms with Crippen LogP contribution in [0.4, 0.5) is 10.1 Å². The number of anilines is 1. The fraction of sp³-hybridized carbons (Fsp3) is 0.125. The molecule has 112 valence electrons. The molecule has 1 aliphatic rings. The number of carbonyl (C=O) groups excluding carboxylic acids is 1. The summed E-state index contributed by atoms with van der Waals surface area (Å²) in [5, 5.41) is 4.32. The van der Waals surface area contributed by atoms with E-state index in [4.69, 9.17) is 16.4 Å².